The van der Waals surface area contributed by atoms with Crippen molar-refractivity contribution >= 4 is 29.0 Å². The Bertz CT molecular complexity index is 1070. The van der Waals surface area contributed by atoms with E-state index in [4.69, 9.17) is 20.8 Å². The Kier molecular flexibility index (Phi) is 6.63. The van der Waals surface area contributed by atoms with Crippen LogP contribution in [-0.2, 0) is 6.61 Å². The van der Waals surface area contributed by atoms with Gasteiger partial charge in [0.15, 0.2) is 11.5 Å². The highest BCUT2D eigenvalue weighted by atomic mass is 35.5. The molecule has 0 aliphatic heterocycles. The van der Waals surface area contributed by atoms with E-state index in [9.17, 15) is 9.59 Å². The zero-order valence-electron chi connectivity index (χ0n) is 17.4. The van der Waals surface area contributed by atoms with Gasteiger partial charge in [-0.15, -0.1) is 0 Å². The second kappa shape index (κ2) is 9.18. The van der Waals surface area contributed by atoms with Crippen molar-refractivity contribution in [3.05, 3.63) is 81.8 Å². The van der Waals surface area contributed by atoms with Gasteiger partial charge in [0, 0.05) is 16.3 Å². The van der Waals surface area contributed by atoms with Crippen LogP contribution in [-0.4, -0.2) is 11.7 Å². The number of ether oxygens (including phenoxy) is 1. The van der Waals surface area contributed by atoms with Crippen LogP contribution in [0.25, 0.3) is 0 Å². The number of Topliss-reactive ketones (excluding diaryl/α,β-unsaturated/α-hetero) is 1. The van der Waals surface area contributed by atoms with Crippen LogP contribution < -0.4 is 10.1 Å². The van der Waals surface area contributed by atoms with Gasteiger partial charge >= 0.3 is 0 Å². The molecule has 6 heteroatoms. The van der Waals surface area contributed by atoms with Crippen molar-refractivity contribution in [1.29, 1.82) is 0 Å². The number of amides is 1. The van der Waals surface area contributed by atoms with E-state index in [1.54, 1.807) is 36.4 Å². The second-order valence-corrected chi connectivity index (χ2v) is 7.84. The van der Waals surface area contributed by atoms with Crippen LogP contribution in [0.1, 0.15) is 64.5 Å². The molecule has 1 N–H and O–H groups in total. The van der Waals surface area contributed by atoms with Crippen LogP contribution in [0.5, 0.6) is 5.75 Å². The Labute approximate surface area is 181 Å². The molecule has 30 heavy (non-hydrogen) atoms. The molecular weight excluding hydrogens is 402 g/mol. The number of furan rings is 1. The number of hydrogen-bond donors (Lipinski definition) is 1. The van der Waals surface area contributed by atoms with Gasteiger partial charge in [-0.2, -0.15) is 0 Å². The van der Waals surface area contributed by atoms with Gasteiger partial charge in [-0.1, -0.05) is 25.4 Å². The van der Waals surface area contributed by atoms with E-state index in [2.05, 4.69) is 19.2 Å². The molecule has 0 aliphatic rings. The van der Waals surface area contributed by atoms with Gasteiger partial charge in [0.1, 0.15) is 18.1 Å². The van der Waals surface area contributed by atoms with Crippen molar-refractivity contribution in [3.63, 3.8) is 0 Å². The van der Waals surface area contributed by atoms with Crippen molar-refractivity contribution in [2.45, 2.75) is 40.2 Å². The van der Waals surface area contributed by atoms with E-state index in [-0.39, 0.29) is 30.0 Å². The molecule has 0 unspecified atom stereocenters. The molecule has 156 valence electrons. The number of hydrogen-bond acceptors (Lipinski definition) is 4. The Morgan fingerprint density at radius 3 is 2.43 bits per heavy atom. The quantitative estimate of drug-likeness (QED) is 0.445. The predicted molar refractivity (Wildman–Crippen MR) is 118 cm³/mol. The summed E-state index contributed by atoms with van der Waals surface area (Å²) in [6.07, 6.45) is 0. The molecule has 0 radical (unpaired) electrons. The lowest BCUT2D eigenvalue weighted by molar-refractivity contribution is 0.0990. The van der Waals surface area contributed by atoms with E-state index >= 15 is 0 Å². The van der Waals surface area contributed by atoms with Crippen LogP contribution in [0.15, 0.2) is 52.9 Å². The summed E-state index contributed by atoms with van der Waals surface area (Å²) >= 11 is 6.24. The molecule has 1 aromatic heterocycles. The van der Waals surface area contributed by atoms with Gasteiger partial charge < -0.3 is 14.5 Å². The molecule has 0 saturated heterocycles. The molecule has 0 fully saturated rings. The Balaban J connectivity index is 1.66. The highest BCUT2D eigenvalue weighted by Gasteiger charge is 2.15. The predicted octanol–water partition coefficient (Wildman–Crippen LogP) is 6.40. The topological polar surface area (TPSA) is 68.5 Å². The largest absolute Gasteiger partial charge is 0.485 e. The second-order valence-electron chi connectivity index (χ2n) is 7.44. The van der Waals surface area contributed by atoms with E-state index in [0.717, 1.165) is 16.9 Å². The minimum absolute atomic E-state index is 0.0277. The molecule has 0 aliphatic carbocycles. The fourth-order valence-electron chi connectivity index (χ4n) is 2.95. The summed E-state index contributed by atoms with van der Waals surface area (Å²) in [5.41, 5.74) is 3.12. The fourth-order valence-corrected chi connectivity index (χ4v) is 3.13. The summed E-state index contributed by atoms with van der Waals surface area (Å²) in [4.78, 5) is 23.8. The average molecular weight is 426 g/mol. The minimum atomic E-state index is -0.373. The molecule has 5 nitrogen and oxygen atoms in total. The maximum Gasteiger partial charge on any atom is 0.291 e. The number of aryl methyl sites for hydroxylation is 1. The number of carbonyl (C=O) groups excluding carboxylic acids is 2. The first-order valence-corrected chi connectivity index (χ1v) is 10.1. The summed E-state index contributed by atoms with van der Waals surface area (Å²) < 4.78 is 11.6. The third-order valence-corrected chi connectivity index (χ3v) is 5.12. The van der Waals surface area contributed by atoms with Crippen molar-refractivity contribution in [1.82, 2.24) is 0 Å². The smallest absolute Gasteiger partial charge is 0.291 e. The molecule has 1 heterocycles. The third-order valence-electron chi connectivity index (χ3n) is 4.72. The molecule has 3 rings (SSSR count). The Morgan fingerprint density at radius 1 is 1.10 bits per heavy atom. The van der Waals surface area contributed by atoms with E-state index in [0.29, 0.717) is 22.0 Å². The molecule has 0 atom stereocenters. The van der Waals surface area contributed by atoms with Gasteiger partial charge in [-0.3, -0.25) is 9.59 Å². The molecule has 3 aromatic rings. The van der Waals surface area contributed by atoms with Crippen molar-refractivity contribution in [3.8, 4) is 5.75 Å². The first-order chi connectivity index (χ1) is 14.2. The summed E-state index contributed by atoms with van der Waals surface area (Å²) in [6, 6.07) is 13.9. The molecule has 0 saturated carbocycles. The number of rotatable bonds is 7. The number of anilines is 1. The maximum absolute atomic E-state index is 12.4. The van der Waals surface area contributed by atoms with Gasteiger partial charge in [-0.05, 0) is 79.4 Å². The lowest BCUT2D eigenvalue weighted by Gasteiger charge is -2.15. The van der Waals surface area contributed by atoms with Gasteiger partial charge in [0.05, 0.1) is 0 Å². The molecular formula is C24H24ClNO4. The standard InChI is InChI=1S/C24H24ClNO4/c1-14(2)20-12-21(25)15(3)11-23(20)29-13-19-9-10-22(30-19)24(28)26-18-7-5-17(6-8-18)16(4)27/h5-12,14H,13H2,1-4H3,(H,26,28). The number of halogens is 1. The maximum atomic E-state index is 12.4. The van der Waals surface area contributed by atoms with Crippen molar-refractivity contribution in [2.24, 2.45) is 0 Å². The van der Waals surface area contributed by atoms with Gasteiger partial charge in [-0.25, -0.2) is 0 Å². The number of nitrogens with one attached hydrogen (secondary N) is 1. The first-order valence-electron chi connectivity index (χ1n) is 9.68. The zero-order chi connectivity index (χ0) is 21.8. The van der Waals surface area contributed by atoms with E-state index < -0.39 is 0 Å². The number of benzene rings is 2. The number of carbonyl (C=O) groups is 2. The zero-order valence-corrected chi connectivity index (χ0v) is 18.2. The fraction of sp³-hybridized carbons (Fsp3) is 0.250. The van der Waals surface area contributed by atoms with Crippen LogP contribution in [0.3, 0.4) is 0 Å². The molecule has 1 amide bonds. The van der Waals surface area contributed by atoms with Gasteiger partial charge in [0.25, 0.3) is 5.91 Å². The molecule has 2 aromatic carbocycles. The molecule has 0 bridgehead atoms. The van der Waals surface area contributed by atoms with E-state index in [1.807, 2.05) is 19.1 Å². The first kappa shape index (κ1) is 21.7. The van der Waals surface area contributed by atoms with Crippen molar-refractivity contribution < 1.29 is 18.7 Å². The normalized spacial score (nSPS) is 10.9. The third kappa shape index (κ3) is 5.10. The average Bonchev–Trinajstić information content (AvgIpc) is 3.18. The summed E-state index contributed by atoms with van der Waals surface area (Å²) in [6.45, 7) is 7.77. The Morgan fingerprint density at radius 2 is 1.80 bits per heavy atom. The summed E-state index contributed by atoms with van der Waals surface area (Å²) in [5.74, 6) is 1.32. The Hall–Kier alpha value is -3.05. The van der Waals surface area contributed by atoms with Crippen LogP contribution in [0, 0.1) is 6.92 Å². The SMILES string of the molecule is CC(=O)c1ccc(NC(=O)c2ccc(COc3cc(C)c(Cl)cc3C(C)C)o2)cc1. The summed E-state index contributed by atoms with van der Waals surface area (Å²) in [7, 11) is 0. The van der Waals surface area contributed by atoms with Gasteiger partial charge in [0.2, 0.25) is 0 Å². The van der Waals surface area contributed by atoms with Crippen LogP contribution >= 0.6 is 11.6 Å². The summed E-state index contributed by atoms with van der Waals surface area (Å²) in [5, 5.41) is 3.46. The lowest BCUT2D eigenvalue weighted by atomic mass is 10.0. The molecule has 0 spiro atoms. The number of ketones is 1. The highest BCUT2D eigenvalue weighted by Crippen LogP contribution is 2.32. The minimum Gasteiger partial charge on any atom is -0.485 e. The van der Waals surface area contributed by atoms with Crippen LogP contribution in [0.2, 0.25) is 5.02 Å². The van der Waals surface area contributed by atoms with Crippen molar-refractivity contribution in [2.75, 3.05) is 5.32 Å². The monoisotopic (exact) mass is 425 g/mol. The lowest BCUT2D eigenvalue weighted by Crippen LogP contribution is -2.11. The highest BCUT2D eigenvalue weighted by molar-refractivity contribution is 6.31. The van der Waals surface area contributed by atoms with E-state index in [1.165, 1.54) is 6.92 Å². The van der Waals surface area contributed by atoms with Crippen LogP contribution in [0.4, 0.5) is 5.69 Å².